The second kappa shape index (κ2) is 5.73. The fourth-order valence-corrected chi connectivity index (χ4v) is 2.23. The lowest BCUT2D eigenvalue weighted by atomic mass is 10.0. The van der Waals surface area contributed by atoms with E-state index in [0.717, 1.165) is 5.56 Å². The van der Waals surface area contributed by atoms with Crippen molar-refractivity contribution in [1.82, 2.24) is 0 Å². The van der Waals surface area contributed by atoms with Crippen LogP contribution in [0.15, 0.2) is 18.2 Å². The summed E-state index contributed by atoms with van der Waals surface area (Å²) in [5, 5.41) is 0. The van der Waals surface area contributed by atoms with Gasteiger partial charge in [0.25, 0.3) is 5.91 Å². The number of ether oxygens (including phenoxy) is 2. The zero-order valence-electron chi connectivity index (χ0n) is 12.5. The molecule has 21 heavy (non-hydrogen) atoms. The highest BCUT2D eigenvalue weighted by Crippen LogP contribution is 2.38. The van der Waals surface area contributed by atoms with Crippen molar-refractivity contribution >= 4 is 17.6 Å². The van der Waals surface area contributed by atoms with E-state index in [-0.39, 0.29) is 19.1 Å². The van der Waals surface area contributed by atoms with E-state index >= 15 is 0 Å². The molecule has 0 aliphatic carbocycles. The van der Waals surface area contributed by atoms with Gasteiger partial charge in [-0.1, -0.05) is 6.07 Å². The Bertz CT molecular complexity index is 569. The molecule has 0 saturated heterocycles. The summed E-state index contributed by atoms with van der Waals surface area (Å²) < 4.78 is 10.7. The van der Waals surface area contributed by atoms with Crippen molar-refractivity contribution in [2.24, 2.45) is 5.73 Å². The average molecular weight is 292 g/mol. The molecule has 0 aromatic heterocycles. The summed E-state index contributed by atoms with van der Waals surface area (Å²) in [5.74, 6) is -0.175. The van der Waals surface area contributed by atoms with Crippen LogP contribution in [0.4, 0.5) is 5.69 Å². The van der Waals surface area contributed by atoms with Crippen LogP contribution in [0.5, 0.6) is 5.75 Å². The molecule has 1 heterocycles. The minimum atomic E-state index is -1.02. The van der Waals surface area contributed by atoms with Crippen LogP contribution in [0.2, 0.25) is 0 Å². The number of esters is 1. The Kier molecular flexibility index (Phi) is 4.18. The van der Waals surface area contributed by atoms with Gasteiger partial charge in [-0.3, -0.25) is 14.5 Å². The first kappa shape index (κ1) is 15.3. The maximum Gasteiger partial charge on any atom is 0.326 e. The number of anilines is 1. The van der Waals surface area contributed by atoms with E-state index in [4.69, 9.17) is 15.2 Å². The lowest BCUT2D eigenvalue weighted by molar-refractivity contribution is -0.144. The van der Waals surface area contributed by atoms with Crippen LogP contribution in [0.3, 0.4) is 0 Å². The summed E-state index contributed by atoms with van der Waals surface area (Å²) in [7, 11) is 0. The third-order valence-corrected chi connectivity index (χ3v) is 3.27. The molecule has 2 N–H and O–H groups in total. The number of hydrogen-bond donors (Lipinski definition) is 1. The molecule has 6 nitrogen and oxygen atoms in total. The molecule has 0 unspecified atom stereocenters. The molecule has 1 aliphatic rings. The highest BCUT2D eigenvalue weighted by atomic mass is 16.5. The zero-order valence-corrected chi connectivity index (χ0v) is 12.5. The van der Waals surface area contributed by atoms with Gasteiger partial charge in [0.15, 0.2) is 5.60 Å². The van der Waals surface area contributed by atoms with E-state index in [9.17, 15) is 9.59 Å². The molecular formula is C15H20N2O4. The largest absolute Gasteiger partial charge is 0.476 e. The van der Waals surface area contributed by atoms with E-state index in [1.165, 1.54) is 4.90 Å². The molecule has 0 spiro atoms. The first-order valence-electron chi connectivity index (χ1n) is 6.88. The van der Waals surface area contributed by atoms with Gasteiger partial charge in [0.1, 0.15) is 12.3 Å². The maximum atomic E-state index is 12.5. The van der Waals surface area contributed by atoms with E-state index in [1.807, 2.05) is 6.07 Å². The number of amides is 1. The predicted molar refractivity (Wildman–Crippen MR) is 78.0 cm³/mol. The first-order chi connectivity index (χ1) is 9.89. The predicted octanol–water partition coefficient (Wildman–Crippen LogP) is 1.21. The van der Waals surface area contributed by atoms with Gasteiger partial charge in [-0.05, 0) is 38.5 Å². The lowest BCUT2D eigenvalue weighted by Gasteiger charge is -2.38. The minimum absolute atomic E-state index is 0.138. The number of nitrogens with two attached hydrogens (primary N) is 1. The van der Waals surface area contributed by atoms with Crippen molar-refractivity contribution in [3.8, 4) is 5.75 Å². The van der Waals surface area contributed by atoms with Gasteiger partial charge >= 0.3 is 5.97 Å². The van der Waals surface area contributed by atoms with Crippen LogP contribution >= 0.6 is 0 Å². The van der Waals surface area contributed by atoms with Crippen LogP contribution in [-0.2, 0) is 20.9 Å². The van der Waals surface area contributed by atoms with Gasteiger partial charge in [-0.25, -0.2) is 0 Å². The molecule has 1 amide bonds. The van der Waals surface area contributed by atoms with E-state index in [0.29, 0.717) is 18.0 Å². The minimum Gasteiger partial charge on any atom is -0.476 e. The number of benzene rings is 1. The van der Waals surface area contributed by atoms with Gasteiger partial charge < -0.3 is 15.2 Å². The standard InChI is InChI=1S/C15H20N2O4/c1-4-20-13(18)9-17-11-7-10(8-16)5-6-12(11)21-15(2,3)14(17)19/h5-7H,4,8-9,16H2,1-3H3. The van der Waals surface area contributed by atoms with Gasteiger partial charge in [0.2, 0.25) is 0 Å². The Morgan fingerprint density at radius 1 is 1.43 bits per heavy atom. The van der Waals surface area contributed by atoms with E-state index < -0.39 is 11.6 Å². The van der Waals surface area contributed by atoms with Crippen LogP contribution in [0, 0.1) is 0 Å². The number of rotatable bonds is 4. The fraction of sp³-hybridized carbons (Fsp3) is 0.467. The summed E-state index contributed by atoms with van der Waals surface area (Å²) in [6, 6.07) is 5.37. The van der Waals surface area contributed by atoms with Gasteiger partial charge in [0.05, 0.1) is 12.3 Å². The molecule has 2 rings (SSSR count). The van der Waals surface area contributed by atoms with Crippen molar-refractivity contribution in [2.45, 2.75) is 32.9 Å². The topological polar surface area (TPSA) is 81.9 Å². The number of nitrogens with zero attached hydrogens (tertiary/aromatic N) is 1. The van der Waals surface area contributed by atoms with Crippen molar-refractivity contribution in [1.29, 1.82) is 0 Å². The van der Waals surface area contributed by atoms with Gasteiger partial charge in [0, 0.05) is 6.54 Å². The Morgan fingerprint density at radius 3 is 2.76 bits per heavy atom. The molecular weight excluding hydrogens is 272 g/mol. The second-order valence-electron chi connectivity index (χ2n) is 5.31. The Balaban J connectivity index is 2.41. The third-order valence-electron chi connectivity index (χ3n) is 3.27. The Morgan fingerprint density at radius 2 is 2.14 bits per heavy atom. The van der Waals surface area contributed by atoms with Crippen molar-refractivity contribution < 1.29 is 19.1 Å². The molecule has 0 radical (unpaired) electrons. The number of carbonyl (C=O) groups is 2. The molecule has 1 aromatic carbocycles. The first-order valence-corrected chi connectivity index (χ1v) is 6.88. The second-order valence-corrected chi connectivity index (χ2v) is 5.31. The third kappa shape index (κ3) is 3.00. The smallest absolute Gasteiger partial charge is 0.326 e. The summed E-state index contributed by atoms with van der Waals surface area (Å²) in [5.41, 5.74) is 6.02. The molecule has 6 heteroatoms. The van der Waals surface area contributed by atoms with Crippen LogP contribution < -0.4 is 15.4 Å². The van der Waals surface area contributed by atoms with Crippen LogP contribution in [0.1, 0.15) is 26.3 Å². The van der Waals surface area contributed by atoms with Gasteiger partial charge in [-0.2, -0.15) is 0 Å². The fourth-order valence-electron chi connectivity index (χ4n) is 2.23. The lowest BCUT2D eigenvalue weighted by Crippen LogP contribution is -2.54. The highest BCUT2D eigenvalue weighted by Gasteiger charge is 2.41. The number of fused-ring (bicyclic) bond motifs is 1. The quantitative estimate of drug-likeness (QED) is 0.844. The van der Waals surface area contributed by atoms with Crippen molar-refractivity contribution in [2.75, 3.05) is 18.1 Å². The van der Waals surface area contributed by atoms with Crippen LogP contribution in [-0.4, -0.2) is 30.6 Å². The Labute approximate surface area is 123 Å². The normalized spacial score (nSPS) is 16.2. The SMILES string of the molecule is CCOC(=O)CN1C(=O)C(C)(C)Oc2ccc(CN)cc21. The molecule has 114 valence electrons. The van der Waals surface area contributed by atoms with Crippen molar-refractivity contribution in [3.05, 3.63) is 23.8 Å². The zero-order chi connectivity index (χ0) is 15.6. The molecule has 0 fully saturated rings. The number of hydrogen-bond acceptors (Lipinski definition) is 5. The van der Waals surface area contributed by atoms with E-state index in [2.05, 4.69) is 0 Å². The summed E-state index contributed by atoms with van der Waals surface area (Å²) >= 11 is 0. The molecule has 1 aromatic rings. The molecule has 1 aliphatic heterocycles. The monoisotopic (exact) mass is 292 g/mol. The maximum absolute atomic E-state index is 12.5. The number of carbonyl (C=O) groups excluding carboxylic acids is 2. The molecule has 0 saturated carbocycles. The van der Waals surface area contributed by atoms with Crippen LogP contribution in [0.25, 0.3) is 0 Å². The van der Waals surface area contributed by atoms with Crippen molar-refractivity contribution in [3.63, 3.8) is 0 Å². The Hall–Kier alpha value is -2.08. The van der Waals surface area contributed by atoms with E-state index in [1.54, 1.807) is 32.9 Å². The summed E-state index contributed by atoms with van der Waals surface area (Å²) in [6.07, 6.45) is 0. The highest BCUT2D eigenvalue weighted by molar-refractivity contribution is 6.05. The molecule has 0 atom stereocenters. The summed E-state index contributed by atoms with van der Waals surface area (Å²) in [6.45, 7) is 5.55. The van der Waals surface area contributed by atoms with Gasteiger partial charge in [-0.15, -0.1) is 0 Å². The average Bonchev–Trinajstić information content (AvgIpc) is 2.43. The summed E-state index contributed by atoms with van der Waals surface area (Å²) in [4.78, 5) is 25.7. The molecule has 0 bridgehead atoms.